The van der Waals surface area contributed by atoms with Crippen LogP contribution in [0.15, 0.2) is 41.5 Å². The highest BCUT2D eigenvalue weighted by atomic mass is 79.9. The lowest BCUT2D eigenvalue weighted by Gasteiger charge is -2.35. The molecule has 12 heteroatoms. The molecular weight excluding hydrogens is 552 g/mol. The van der Waals surface area contributed by atoms with Gasteiger partial charge in [-0.2, -0.15) is 19.6 Å². The topological polar surface area (TPSA) is 119 Å². The maximum absolute atomic E-state index is 12.8. The van der Waals surface area contributed by atoms with Gasteiger partial charge in [0, 0.05) is 37.3 Å². The van der Waals surface area contributed by atoms with Crippen LogP contribution in [0.25, 0.3) is 16.7 Å². The Morgan fingerprint density at radius 3 is 2.74 bits per heavy atom. The van der Waals surface area contributed by atoms with Gasteiger partial charge >= 0.3 is 0 Å². The van der Waals surface area contributed by atoms with Gasteiger partial charge in [-0.05, 0) is 42.5 Å². The maximum Gasteiger partial charge on any atom is 0.293 e. The van der Waals surface area contributed by atoms with Crippen molar-refractivity contribution in [3.63, 3.8) is 0 Å². The molecule has 1 amide bonds. The Hall–Kier alpha value is -3.67. The van der Waals surface area contributed by atoms with Crippen LogP contribution in [-0.4, -0.2) is 61.6 Å². The van der Waals surface area contributed by atoms with Gasteiger partial charge in [0.1, 0.15) is 24.6 Å². The van der Waals surface area contributed by atoms with Crippen LogP contribution in [0.2, 0.25) is 0 Å². The first-order valence-electron chi connectivity index (χ1n) is 12.6. The van der Waals surface area contributed by atoms with E-state index in [4.69, 9.17) is 9.72 Å². The van der Waals surface area contributed by atoms with Crippen molar-refractivity contribution in [3.05, 3.63) is 47.0 Å². The van der Waals surface area contributed by atoms with Gasteiger partial charge in [0.15, 0.2) is 5.75 Å². The minimum absolute atomic E-state index is 0.138. The van der Waals surface area contributed by atoms with Crippen molar-refractivity contribution in [1.82, 2.24) is 29.5 Å². The molecule has 4 heterocycles. The van der Waals surface area contributed by atoms with Crippen molar-refractivity contribution in [2.45, 2.75) is 20.3 Å². The summed E-state index contributed by atoms with van der Waals surface area (Å²) in [5, 5.41) is 11.6. The largest absolute Gasteiger partial charge is 0.486 e. The van der Waals surface area contributed by atoms with Gasteiger partial charge in [-0.1, -0.05) is 29.8 Å². The first-order chi connectivity index (χ1) is 18.3. The molecule has 2 atom stereocenters. The van der Waals surface area contributed by atoms with Crippen molar-refractivity contribution >= 4 is 55.8 Å². The summed E-state index contributed by atoms with van der Waals surface area (Å²) in [5.41, 5.74) is 1.36. The Balaban J connectivity index is 1.43. The van der Waals surface area contributed by atoms with Gasteiger partial charge in [0.25, 0.3) is 11.3 Å². The SMILES string of the molecule is C[C@@H]1C[C@H](C)CN(c2cc(Nc3ccc4c(c3)cc(OCCNC(=O)CBr)c(=O)n4C)n3ncnc3n2)C1. The second kappa shape index (κ2) is 11.0. The highest BCUT2D eigenvalue weighted by Gasteiger charge is 2.24. The van der Waals surface area contributed by atoms with E-state index >= 15 is 0 Å². The number of carbonyl (C=O) groups is 1. The number of hydrogen-bond donors (Lipinski definition) is 2. The summed E-state index contributed by atoms with van der Waals surface area (Å²) in [7, 11) is 1.71. The number of fused-ring (bicyclic) bond motifs is 2. The molecule has 1 aromatic carbocycles. The molecule has 0 bridgehead atoms. The second-order valence-electron chi connectivity index (χ2n) is 9.93. The van der Waals surface area contributed by atoms with Gasteiger partial charge in [-0.3, -0.25) is 9.59 Å². The Morgan fingerprint density at radius 2 is 1.97 bits per heavy atom. The molecule has 4 aromatic rings. The molecule has 200 valence electrons. The van der Waals surface area contributed by atoms with Crippen LogP contribution in [0.3, 0.4) is 0 Å². The summed E-state index contributed by atoms with van der Waals surface area (Å²) >= 11 is 3.10. The number of benzene rings is 1. The standard InChI is InChI=1S/C26H31BrN8O3/c1-16-8-17(2)14-34(13-16)22-11-23(35-26(32-22)29-15-30-35)31-19-4-5-20-18(9-19)10-21(25(37)33(20)3)38-7-6-28-24(36)12-27/h4-5,9-11,15-17,31H,6-8,12-14H2,1-3H3,(H,28,36)/t16-,17+. The monoisotopic (exact) mass is 582 g/mol. The van der Waals surface area contributed by atoms with E-state index in [0.29, 0.717) is 24.2 Å². The average molecular weight is 583 g/mol. The molecule has 0 radical (unpaired) electrons. The predicted octanol–water partition coefficient (Wildman–Crippen LogP) is 3.09. The molecule has 1 aliphatic rings. The van der Waals surface area contributed by atoms with Crippen LogP contribution in [-0.2, 0) is 11.8 Å². The molecule has 2 N–H and O–H groups in total. The molecule has 3 aromatic heterocycles. The molecule has 1 saturated heterocycles. The quantitative estimate of drug-likeness (QED) is 0.240. The summed E-state index contributed by atoms with van der Waals surface area (Å²) in [6, 6.07) is 9.52. The smallest absolute Gasteiger partial charge is 0.293 e. The summed E-state index contributed by atoms with van der Waals surface area (Å²) in [6.45, 7) is 6.95. The number of rotatable bonds is 8. The van der Waals surface area contributed by atoms with E-state index in [1.165, 1.54) is 12.7 Å². The van der Waals surface area contributed by atoms with Crippen LogP contribution in [0.1, 0.15) is 20.3 Å². The van der Waals surface area contributed by atoms with Gasteiger partial charge in [0.2, 0.25) is 5.91 Å². The molecule has 11 nitrogen and oxygen atoms in total. The van der Waals surface area contributed by atoms with E-state index in [0.717, 1.165) is 41.3 Å². The molecule has 0 saturated carbocycles. The number of pyridine rings is 1. The first-order valence-corrected chi connectivity index (χ1v) is 13.8. The zero-order valence-corrected chi connectivity index (χ0v) is 23.2. The number of alkyl halides is 1. The Bertz CT molecular complexity index is 1520. The minimum Gasteiger partial charge on any atom is -0.486 e. The van der Waals surface area contributed by atoms with Crippen molar-refractivity contribution in [2.24, 2.45) is 18.9 Å². The summed E-state index contributed by atoms with van der Waals surface area (Å²) in [4.78, 5) is 35.6. The van der Waals surface area contributed by atoms with Crippen molar-refractivity contribution in [3.8, 4) is 5.75 Å². The van der Waals surface area contributed by atoms with E-state index in [1.54, 1.807) is 22.2 Å². The molecule has 5 rings (SSSR count). The first kappa shape index (κ1) is 26.0. The van der Waals surface area contributed by atoms with Crippen molar-refractivity contribution in [1.29, 1.82) is 0 Å². The minimum atomic E-state index is -0.238. The lowest BCUT2D eigenvalue weighted by Crippen LogP contribution is -2.39. The number of piperidine rings is 1. The highest BCUT2D eigenvalue weighted by Crippen LogP contribution is 2.29. The number of amides is 1. The third-order valence-electron chi connectivity index (χ3n) is 6.70. The van der Waals surface area contributed by atoms with Crippen molar-refractivity contribution in [2.75, 3.05) is 41.8 Å². The van der Waals surface area contributed by atoms with Crippen LogP contribution in [0, 0.1) is 11.8 Å². The average Bonchev–Trinajstić information content (AvgIpc) is 3.37. The lowest BCUT2D eigenvalue weighted by molar-refractivity contribution is -0.118. The fraction of sp³-hybridized carbons (Fsp3) is 0.423. The second-order valence-corrected chi connectivity index (χ2v) is 10.5. The third-order valence-corrected chi connectivity index (χ3v) is 7.21. The fourth-order valence-corrected chi connectivity index (χ4v) is 5.28. The van der Waals surface area contributed by atoms with Crippen LogP contribution in [0.5, 0.6) is 5.75 Å². The molecule has 0 unspecified atom stereocenters. The molecule has 1 aliphatic heterocycles. The van der Waals surface area contributed by atoms with Gasteiger partial charge < -0.3 is 24.8 Å². The number of carbonyl (C=O) groups excluding carboxylic acids is 1. The zero-order chi connectivity index (χ0) is 26.8. The molecule has 0 aliphatic carbocycles. The molecule has 0 spiro atoms. The molecule has 38 heavy (non-hydrogen) atoms. The van der Waals surface area contributed by atoms with Gasteiger partial charge in [-0.25, -0.2) is 0 Å². The number of ether oxygens (including phenoxy) is 1. The van der Waals surface area contributed by atoms with Crippen molar-refractivity contribution < 1.29 is 9.53 Å². The number of halogens is 1. The van der Waals surface area contributed by atoms with E-state index in [-0.39, 0.29) is 29.2 Å². The Labute approximate surface area is 228 Å². The number of nitrogens with one attached hydrogen (secondary N) is 2. The zero-order valence-electron chi connectivity index (χ0n) is 21.6. The van der Waals surface area contributed by atoms with E-state index in [2.05, 4.69) is 55.4 Å². The maximum atomic E-state index is 12.8. The normalized spacial score (nSPS) is 17.6. The van der Waals surface area contributed by atoms with E-state index in [9.17, 15) is 9.59 Å². The molecule has 1 fully saturated rings. The number of hydrogen-bond acceptors (Lipinski definition) is 8. The van der Waals surface area contributed by atoms with Crippen LogP contribution in [0.4, 0.5) is 17.3 Å². The number of nitrogens with zero attached hydrogens (tertiary/aromatic N) is 6. The number of aryl methyl sites for hydroxylation is 1. The van der Waals surface area contributed by atoms with Crippen LogP contribution >= 0.6 is 15.9 Å². The summed E-state index contributed by atoms with van der Waals surface area (Å²) < 4.78 is 8.95. The summed E-state index contributed by atoms with van der Waals surface area (Å²) in [5.74, 6) is 3.42. The van der Waals surface area contributed by atoms with Crippen LogP contribution < -0.4 is 25.8 Å². The third kappa shape index (κ3) is 5.45. The summed E-state index contributed by atoms with van der Waals surface area (Å²) in [6.07, 6.45) is 2.71. The molecular formula is C26H31BrN8O3. The number of anilines is 3. The Morgan fingerprint density at radius 1 is 1.18 bits per heavy atom. The Kier molecular flexibility index (Phi) is 7.50. The van der Waals surface area contributed by atoms with Gasteiger partial charge in [-0.15, -0.1) is 0 Å². The van der Waals surface area contributed by atoms with Gasteiger partial charge in [0.05, 0.1) is 17.4 Å². The highest BCUT2D eigenvalue weighted by molar-refractivity contribution is 9.09. The fourth-order valence-electron chi connectivity index (χ4n) is 5.08. The van der Waals surface area contributed by atoms with E-state index < -0.39 is 0 Å². The lowest BCUT2D eigenvalue weighted by atomic mass is 9.92. The number of aromatic nitrogens is 5. The predicted molar refractivity (Wildman–Crippen MR) is 151 cm³/mol. The van der Waals surface area contributed by atoms with E-state index in [1.807, 2.05) is 24.3 Å².